The van der Waals surface area contributed by atoms with Gasteiger partial charge < -0.3 is 19.6 Å². The third-order valence-electron chi connectivity index (χ3n) is 3.72. The SMILES string of the molecule is COC(=O)c1sc(N2CCN(c3ccccc3O)CC2)nc1Cl. The molecule has 122 valence electrons. The first-order valence-electron chi connectivity index (χ1n) is 7.12. The summed E-state index contributed by atoms with van der Waals surface area (Å²) in [6.07, 6.45) is 0. The molecule has 23 heavy (non-hydrogen) atoms. The van der Waals surface area contributed by atoms with Gasteiger partial charge in [0.2, 0.25) is 0 Å². The summed E-state index contributed by atoms with van der Waals surface area (Å²) >= 11 is 7.25. The van der Waals surface area contributed by atoms with E-state index in [-0.39, 0.29) is 10.9 Å². The predicted octanol–water partition coefficient (Wildman–Crippen LogP) is 2.62. The average molecular weight is 354 g/mol. The predicted molar refractivity (Wildman–Crippen MR) is 91.0 cm³/mol. The highest BCUT2D eigenvalue weighted by molar-refractivity contribution is 7.18. The van der Waals surface area contributed by atoms with E-state index in [2.05, 4.69) is 14.8 Å². The van der Waals surface area contributed by atoms with Crippen molar-refractivity contribution in [1.29, 1.82) is 0 Å². The maximum Gasteiger partial charge on any atom is 0.351 e. The molecule has 1 aromatic carbocycles. The molecule has 1 aliphatic heterocycles. The Bertz CT molecular complexity index is 714. The van der Waals surface area contributed by atoms with Crippen molar-refractivity contribution in [2.75, 3.05) is 43.1 Å². The van der Waals surface area contributed by atoms with Gasteiger partial charge in [-0.1, -0.05) is 35.1 Å². The molecule has 2 aromatic rings. The zero-order chi connectivity index (χ0) is 16.4. The second-order valence-electron chi connectivity index (χ2n) is 5.07. The summed E-state index contributed by atoms with van der Waals surface area (Å²) in [7, 11) is 1.32. The van der Waals surface area contributed by atoms with Crippen molar-refractivity contribution in [3.8, 4) is 5.75 Å². The maximum absolute atomic E-state index is 11.6. The van der Waals surface area contributed by atoms with E-state index >= 15 is 0 Å². The Morgan fingerprint density at radius 3 is 2.57 bits per heavy atom. The number of esters is 1. The number of phenols is 1. The highest BCUT2D eigenvalue weighted by atomic mass is 35.5. The Balaban J connectivity index is 1.70. The lowest BCUT2D eigenvalue weighted by molar-refractivity contribution is 0.0606. The lowest BCUT2D eigenvalue weighted by atomic mass is 10.2. The van der Waals surface area contributed by atoms with Gasteiger partial charge in [-0.15, -0.1) is 0 Å². The minimum atomic E-state index is -0.466. The topological polar surface area (TPSA) is 65.9 Å². The molecule has 1 fully saturated rings. The largest absolute Gasteiger partial charge is 0.506 e. The first kappa shape index (κ1) is 15.9. The highest BCUT2D eigenvalue weighted by Crippen LogP contribution is 2.32. The fourth-order valence-corrected chi connectivity index (χ4v) is 3.77. The second kappa shape index (κ2) is 6.64. The Hall–Kier alpha value is -1.99. The van der Waals surface area contributed by atoms with Crippen molar-refractivity contribution >= 4 is 39.7 Å². The van der Waals surface area contributed by atoms with Crippen LogP contribution in [0.3, 0.4) is 0 Å². The molecular weight excluding hydrogens is 338 g/mol. The summed E-state index contributed by atoms with van der Waals surface area (Å²) in [6.45, 7) is 2.97. The van der Waals surface area contributed by atoms with E-state index < -0.39 is 5.97 Å². The Morgan fingerprint density at radius 2 is 1.91 bits per heavy atom. The average Bonchev–Trinajstić information content (AvgIpc) is 2.97. The number of carbonyl (C=O) groups is 1. The number of aromatic hydroxyl groups is 1. The van der Waals surface area contributed by atoms with Gasteiger partial charge in [0.15, 0.2) is 15.2 Å². The van der Waals surface area contributed by atoms with Crippen molar-refractivity contribution in [2.45, 2.75) is 0 Å². The molecule has 0 atom stereocenters. The molecule has 0 radical (unpaired) electrons. The number of benzene rings is 1. The van der Waals surface area contributed by atoms with Crippen molar-refractivity contribution in [3.05, 3.63) is 34.3 Å². The van der Waals surface area contributed by atoms with Crippen LogP contribution in [0.5, 0.6) is 5.75 Å². The minimum Gasteiger partial charge on any atom is -0.506 e. The number of halogens is 1. The lowest BCUT2D eigenvalue weighted by Crippen LogP contribution is -2.46. The van der Waals surface area contributed by atoms with Crippen LogP contribution in [-0.4, -0.2) is 49.3 Å². The van der Waals surface area contributed by atoms with E-state index in [0.29, 0.717) is 10.0 Å². The number of nitrogens with zero attached hydrogens (tertiary/aromatic N) is 3. The first-order valence-corrected chi connectivity index (χ1v) is 8.32. The number of hydrogen-bond acceptors (Lipinski definition) is 7. The number of rotatable bonds is 3. The fourth-order valence-electron chi connectivity index (χ4n) is 2.52. The number of methoxy groups -OCH3 is 1. The van der Waals surface area contributed by atoms with Crippen LogP contribution in [0.4, 0.5) is 10.8 Å². The lowest BCUT2D eigenvalue weighted by Gasteiger charge is -2.36. The van der Waals surface area contributed by atoms with Crippen LogP contribution >= 0.6 is 22.9 Å². The van der Waals surface area contributed by atoms with Crippen LogP contribution in [0.2, 0.25) is 5.15 Å². The summed E-state index contributed by atoms with van der Waals surface area (Å²) in [5.41, 5.74) is 0.833. The Kier molecular flexibility index (Phi) is 4.58. The zero-order valence-electron chi connectivity index (χ0n) is 12.5. The number of para-hydroxylation sites is 2. The molecule has 0 saturated carbocycles. The van der Waals surface area contributed by atoms with Crippen molar-refractivity contribution < 1.29 is 14.6 Å². The summed E-state index contributed by atoms with van der Waals surface area (Å²) in [5, 5.41) is 10.8. The third kappa shape index (κ3) is 3.20. The number of ether oxygens (including phenoxy) is 1. The maximum atomic E-state index is 11.6. The molecule has 1 aromatic heterocycles. The number of carbonyl (C=O) groups excluding carboxylic acids is 1. The monoisotopic (exact) mass is 353 g/mol. The number of hydrogen-bond donors (Lipinski definition) is 1. The van der Waals surface area contributed by atoms with Crippen LogP contribution in [0, 0.1) is 0 Å². The number of piperazine rings is 1. The molecule has 0 amide bonds. The van der Waals surface area contributed by atoms with Crippen LogP contribution in [0.25, 0.3) is 0 Å². The molecule has 3 rings (SSSR count). The van der Waals surface area contributed by atoms with Gasteiger partial charge in [-0.05, 0) is 12.1 Å². The standard InChI is InChI=1S/C15H16ClN3O3S/c1-22-14(21)12-13(16)17-15(23-12)19-8-6-18(7-9-19)10-4-2-3-5-11(10)20/h2-5,20H,6-9H2,1H3. The van der Waals surface area contributed by atoms with Gasteiger partial charge in [0.1, 0.15) is 5.75 Å². The molecule has 1 aliphatic rings. The van der Waals surface area contributed by atoms with E-state index in [0.717, 1.165) is 31.9 Å². The van der Waals surface area contributed by atoms with Crippen LogP contribution in [0.1, 0.15) is 9.67 Å². The van der Waals surface area contributed by atoms with E-state index in [1.54, 1.807) is 12.1 Å². The number of thiazole rings is 1. The molecule has 8 heteroatoms. The molecule has 0 aliphatic carbocycles. The Labute approximate surface area is 142 Å². The van der Waals surface area contributed by atoms with E-state index in [1.807, 2.05) is 12.1 Å². The number of aromatic nitrogens is 1. The van der Waals surface area contributed by atoms with Gasteiger partial charge in [-0.2, -0.15) is 0 Å². The summed E-state index contributed by atoms with van der Waals surface area (Å²) < 4.78 is 4.70. The van der Waals surface area contributed by atoms with Gasteiger partial charge >= 0.3 is 5.97 Å². The molecule has 6 nitrogen and oxygen atoms in total. The number of anilines is 2. The smallest absolute Gasteiger partial charge is 0.351 e. The van der Waals surface area contributed by atoms with Crippen LogP contribution < -0.4 is 9.80 Å². The molecule has 2 heterocycles. The summed E-state index contributed by atoms with van der Waals surface area (Å²) in [6, 6.07) is 7.30. The van der Waals surface area contributed by atoms with E-state index in [1.165, 1.54) is 18.4 Å². The normalized spacial score (nSPS) is 14.9. The van der Waals surface area contributed by atoms with Crippen LogP contribution in [0.15, 0.2) is 24.3 Å². The van der Waals surface area contributed by atoms with Gasteiger partial charge in [0, 0.05) is 26.2 Å². The van der Waals surface area contributed by atoms with Gasteiger partial charge in [0.05, 0.1) is 12.8 Å². The van der Waals surface area contributed by atoms with Crippen molar-refractivity contribution in [2.24, 2.45) is 0 Å². The minimum absolute atomic E-state index is 0.181. The summed E-state index contributed by atoms with van der Waals surface area (Å²) in [4.78, 5) is 20.4. The molecule has 0 spiro atoms. The number of phenolic OH excluding ortho intramolecular Hbond substituents is 1. The first-order chi connectivity index (χ1) is 11.1. The van der Waals surface area contributed by atoms with Gasteiger partial charge in [-0.3, -0.25) is 0 Å². The summed E-state index contributed by atoms with van der Waals surface area (Å²) in [5.74, 6) is -0.183. The molecule has 1 saturated heterocycles. The quantitative estimate of drug-likeness (QED) is 0.856. The van der Waals surface area contributed by atoms with Gasteiger partial charge in [-0.25, -0.2) is 9.78 Å². The molecular formula is C15H16ClN3O3S. The zero-order valence-corrected chi connectivity index (χ0v) is 14.1. The fraction of sp³-hybridized carbons (Fsp3) is 0.333. The van der Waals surface area contributed by atoms with E-state index in [9.17, 15) is 9.90 Å². The highest BCUT2D eigenvalue weighted by Gasteiger charge is 2.24. The van der Waals surface area contributed by atoms with Crippen molar-refractivity contribution in [1.82, 2.24) is 4.98 Å². The Morgan fingerprint density at radius 1 is 1.26 bits per heavy atom. The van der Waals surface area contributed by atoms with Crippen molar-refractivity contribution in [3.63, 3.8) is 0 Å². The van der Waals surface area contributed by atoms with Gasteiger partial charge in [0.25, 0.3) is 0 Å². The molecule has 1 N–H and O–H groups in total. The molecule has 0 unspecified atom stereocenters. The van der Waals surface area contributed by atoms with Crippen LogP contribution in [-0.2, 0) is 4.74 Å². The second-order valence-corrected chi connectivity index (χ2v) is 6.41. The van der Waals surface area contributed by atoms with E-state index in [4.69, 9.17) is 16.3 Å². The third-order valence-corrected chi connectivity index (χ3v) is 5.20. The molecule has 0 bridgehead atoms.